The van der Waals surface area contributed by atoms with E-state index in [1.165, 1.54) is 6.07 Å². The Kier molecular flexibility index (Phi) is 3.69. The number of phenolic OH excluding ortho intramolecular Hbond substituents is 1. The molecule has 0 fully saturated rings. The van der Waals surface area contributed by atoms with E-state index in [0.29, 0.717) is 5.69 Å². The zero-order valence-electron chi connectivity index (χ0n) is 9.35. The third-order valence-corrected chi connectivity index (χ3v) is 2.57. The highest BCUT2D eigenvalue weighted by atomic mass is 35.5. The minimum absolute atomic E-state index is 0.151. The van der Waals surface area contributed by atoms with Crippen molar-refractivity contribution in [3.8, 4) is 5.75 Å². The second kappa shape index (κ2) is 5.42. The van der Waals surface area contributed by atoms with Crippen molar-refractivity contribution >= 4 is 29.0 Å². The monoisotopic (exact) mass is 262 g/mol. The molecule has 2 amide bonds. The van der Waals surface area contributed by atoms with Gasteiger partial charge in [-0.05, 0) is 24.3 Å². The van der Waals surface area contributed by atoms with E-state index in [-0.39, 0.29) is 16.5 Å². The second-order valence-electron chi connectivity index (χ2n) is 3.58. The number of carbonyl (C=O) groups excluding carboxylic acids is 1. The molecule has 2 aromatic rings. The van der Waals surface area contributed by atoms with Crippen LogP contribution in [0.5, 0.6) is 5.75 Å². The van der Waals surface area contributed by atoms with Gasteiger partial charge in [-0.2, -0.15) is 0 Å². The number of rotatable bonds is 2. The highest BCUT2D eigenvalue weighted by Gasteiger charge is 2.08. The Morgan fingerprint density at radius 1 is 1.00 bits per heavy atom. The quantitative estimate of drug-likeness (QED) is 0.723. The van der Waals surface area contributed by atoms with Gasteiger partial charge in [-0.15, -0.1) is 0 Å². The first-order chi connectivity index (χ1) is 8.66. The van der Waals surface area contributed by atoms with Gasteiger partial charge in [0.2, 0.25) is 0 Å². The van der Waals surface area contributed by atoms with E-state index >= 15 is 0 Å². The van der Waals surface area contributed by atoms with Gasteiger partial charge in [0.25, 0.3) is 0 Å². The number of amides is 2. The number of hydrogen-bond donors (Lipinski definition) is 3. The van der Waals surface area contributed by atoms with Crippen LogP contribution >= 0.6 is 11.6 Å². The topological polar surface area (TPSA) is 61.4 Å². The van der Waals surface area contributed by atoms with Crippen LogP contribution in [0.25, 0.3) is 0 Å². The maximum absolute atomic E-state index is 11.7. The molecular formula is C13H11ClN2O2. The molecule has 0 saturated heterocycles. The van der Waals surface area contributed by atoms with Crippen molar-refractivity contribution in [2.75, 3.05) is 10.6 Å². The van der Waals surface area contributed by atoms with Crippen LogP contribution < -0.4 is 10.6 Å². The van der Waals surface area contributed by atoms with E-state index in [0.717, 1.165) is 0 Å². The fraction of sp³-hybridized carbons (Fsp3) is 0. The zero-order chi connectivity index (χ0) is 13.0. The van der Waals surface area contributed by atoms with Crippen LogP contribution in [0.1, 0.15) is 0 Å². The van der Waals surface area contributed by atoms with Gasteiger partial charge in [0.05, 0.1) is 10.7 Å². The lowest BCUT2D eigenvalue weighted by atomic mass is 10.3. The molecule has 2 aromatic carbocycles. The zero-order valence-corrected chi connectivity index (χ0v) is 10.1. The third kappa shape index (κ3) is 2.93. The molecule has 0 bridgehead atoms. The van der Waals surface area contributed by atoms with E-state index in [1.54, 1.807) is 24.3 Å². The minimum Gasteiger partial charge on any atom is -0.504 e. The molecule has 4 nitrogen and oxygen atoms in total. The van der Waals surface area contributed by atoms with Crippen LogP contribution in [0, 0.1) is 0 Å². The fourth-order valence-electron chi connectivity index (χ4n) is 1.42. The Bertz CT molecular complexity index is 558. The number of hydrogen-bond acceptors (Lipinski definition) is 2. The lowest BCUT2D eigenvalue weighted by Crippen LogP contribution is -2.19. The van der Waals surface area contributed by atoms with E-state index < -0.39 is 6.03 Å². The third-order valence-electron chi connectivity index (χ3n) is 2.27. The predicted octanol–water partition coefficient (Wildman–Crippen LogP) is 3.69. The van der Waals surface area contributed by atoms with Crippen molar-refractivity contribution < 1.29 is 9.90 Å². The number of urea groups is 1. The molecule has 0 spiro atoms. The Labute approximate surface area is 109 Å². The van der Waals surface area contributed by atoms with Crippen molar-refractivity contribution in [2.24, 2.45) is 0 Å². The molecule has 0 aliphatic heterocycles. The number of carbonyl (C=O) groups is 1. The summed E-state index contributed by atoms with van der Waals surface area (Å²) in [5, 5.41) is 15.0. The average molecular weight is 263 g/mol. The summed E-state index contributed by atoms with van der Waals surface area (Å²) in [6.07, 6.45) is 0. The van der Waals surface area contributed by atoms with Crippen molar-refractivity contribution in [3.63, 3.8) is 0 Å². The Morgan fingerprint density at radius 2 is 1.72 bits per heavy atom. The lowest BCUT2D eigenvalue weighted by molar-refractivity contribution is 0.262. The van der Waals surface area contributed by atoms with E-state index in [4.69, 9.17) is 11.6 Å². The number of para-hydroxylation sites is 2. The van der Waals surface area contributed by atoms with E-state index in [1.807, 2.05) is 18.2 Å². The first kappa shape index (κ1) is 12.3. The number of anilines is 2. The maximum atomic E-state index is 11.7. The van der Waals surface area contributed by atoms with Crippen molar-refractivity contribution in [1.82, 2.24) is 0 Å². The summed E-state index contributed by atoms with van der Waals surface area (Å²) in [7, 11) is 0. The van der Waals surface area contributed by atoms with Crippen LogP contribution in [-0.2, 0) is 0 Å². The molecule has 3 N–H and O–H groups in total. The number of phenols is 1. The number of benzene rings is 2. The standard InChI is InChI=1S/C13H11ClN2O2/c14-10-7-4-8-11(12(10)17)16-13(18)15-9-5-2-1-3-6-9/h1-8,17H,(H2,15,16,18). The summed E-state index contributed by atoms with van der Waals surface area (Å²) in [6, 6.07) is 13.3. The summed E-state index contributed by atoms with van der Waals surface area (Å²) in [4.78, 5) is 11.7. The average Bonchev–Trinajstić information content (AvgIpc) is 2.36. The van der Waals surface area contributed by atoms with Gasteiger partial charge >= 0.3 is 6.03 Å². The normalized spacial score (nSPS) is 9.83. The SMILES string of the molecule is O=C(Nc1ccccc1)Nc1cccc(Cl)c1O. The van der Waals surface area contributed by atoms with E-state index in [2.05, 4.69) is 10.6 Å². The Balaban J connectivity index is 2.06. The Morgan fingerprint density at radius 3 is 2.44 bits per heavy atom. The summed E-state index contributed by atoms with van der Waals surface area (Å²) in [6.45, 7) is 0. The molecule has 2 rings (SSSR count). The van der Waals surface area contributed by atoms with Crippen molar-refractivity contribution in [2.45, 2.75) is 0 Å². The van der Waals surface area contributed by atoms with Crippen LogP contribution in [0.2, 0.25) is 5.02 Å². The first-order valence-corrected chi connectivity index (χ1v) is 5.65. The van der Waals surface area contributed by atoms with Gasteiger partial charge in [0.1, 0.15) is 0 Å². The Hall–Kier alpha value is -2.20. The largest absolute Gasteiger partial charge is 0.504 e. The van der Waals surface area contributed by atoms with Gasteiger partial charge in [0.15, 0.2) is 5.75 Å². The molecule has 0 aromatic heterocycles. The summed E-state index contributed by atoms with van der Waals surface area (Å²) < 4.78 is 0. The van der Waals surface area contributed by atoms with Crippen molar-refractivity contribution in [3.05, 3.63) is 53.6 Å². The molecule has 0 aliphatic carbocycles. The first-order valence-electron chi connectivity index (χ1n) is 5.27. The van der Waals surface area contributed by atoms with Crippen LogP contribution in [0.4, 0.5) is 16.2 Å². The lowest BCUT2D eigenvalue weighted by Gasteiger charge is -2.09. The minimum atomic E-state index is -0.446. The summed E-state index contributed by atoms with van der Waals surface area (Å²) >= 11 is 5.74. The van der Waals surface area contributed by atoms with Crippen LogP contribution in [0.15, 0.2) is 48.5 Å². The molecular weight excluding hydrogens is 252 g/mol. The highest BCUT2D eigenvalue weighted by Crippen LogP contribution is 2.31. The molecule has 0 heterocycles. The van der Waals surface area contributed by atoms with Crippen molar-refractivity contribution in [1.29, 1.82) is 0 Å². The van der Waals surface area contributed by atoms with Gasteiger partial charge < -0.3 is 15.7 Å². The maximum Gasteiger partial charge on any atom is 0.323 e. The molecule has 0 atom stereocenters. The molecule has 18 heavy (non-hydrogen) atoms. The summed E-state index contributed by atoms with van der Waals surface area (Å²) in [5.74, 6) is -0.151. The van der Waals surface area contributed by atoms with Crippen LogP contribution in [0.3, 0.4) is 0 Å². The number of halogens is 1. The van der Waals surface area contributed by atoms with Gasteiger partial charge in [-0.1, -0.05) is 35.9 Å². The van der Waals surface area contributed by atoms with Gasteiger partial charge in [-0.3, -0.25) is 0 Å². The molecule has 92 valence electrons. The van der Waals surface area contributed by atoms with Crippen LogP contribution in [-0.4, -0.2) is 11.1 Å². The molecule has 5 heteroatoms. The molecule has 0 radical (unpaired) electrons. The summed E-state index contributed by atoms with van der Waals surface area (Å²) in [5.41, 5.74) is 0.924. The molecule has 0 unspecified atom stereocenters. The number of nitrogens with one attached hydrogen (secondary N) is 2. The van der Waals surface area contributed by atoms with Gasteiger partial charge in [-0.25, -0.2) is 4.79 Å². The highest BCUT2D eigenvalue weighted by molar-refractivity contribution is 6.32. The van der Waals surface area contributed by atoms with Gasteiger partial charge in [0, 0.05) is 5.69 Å². The fourth-order valence-corrected chi connectivity index (χ4v) is 1.60. The molecule has 0 aliphatic rings. The van der Waals surface area contributed by atoms with E-state index in [9.17, 15) is 9.90 Å². The second-order valence-corrected chi connectivity index (χ2v) is 3.99. The predicted molar refractivity (Wildman–Crippen MR) is 72.2 cm³/mol. The smallest absolute Gasteiger partial charge is 0.323 e. The molecule has 0 saturated carbocycles. The number of aromatic hydroxyl groups is 1.